The van der Waals surface area contributed by atoms with Crippen LogP contribution in [-0.2, 0) is 0 Å². The third kappa shape index (κ3) is 3.06. The number of nitrogens with zero attached hydrogens (tertiary/aromatic N) is 1. The predicted octanol–water partition coefficient (Wildman–Crippen LogP) is 2.25. The summed E-state index contributed by atoms with van der Waals surface area (Å²) in [7, 11) is 0. The third-order valence-electron chi connectivity index (χ3n) is 3.54. The van der Waals surface area contributed by atoms with Crippen LogP contribution in [-0.4, -0.2) is 21.8 Å². The number of hydrazine groups is 1. The standard InChI is InChI=1S/C17H16N4O2/c1-10-5-6-12-9-13(11(2)19-15(12)8-10)16(22)20-21-17(23)14-4-3-7-18-14/h3-9,18H,1-2H3,(H,20,22)(H,21,23). The Hall–Kier alpha value is -3.15. The number of aryl methyl sites for hydroxylation is 2. The predicted molar refractivity (Wildman–Crippen MR) is 86.9 cm³/mol. The lowest BCUT2D eigenvalue weighted by Gasteiger charge is -2.10. The van der Waals surface area contributed by atoms with Crippen LogP contribution in [0.25, 0.3) is 10.9 Å². The Kier molecular flexibility index (Phi) is 3.80. The molecule has 2 heterocycles. The molecule has 0 aliphatic rings. The van der Waals surface area contributed by atoms with E-state index in [1.54, 1.807) is 31.3 Å². The highest BCUT2D eigenvalue weighted by Crippen LogP contribution is 2.17. The highest BCUT2D eigenvalue weighted by Gasteiger charge is 2.13. The summed E-state index contributed by atoms with van der Waals surface area (Å²) < 4.78 is 0. The molecule has 6 heteroatoms. The van der Waals surface area contributed by atoms with E-state index in [-0.39, 0.29) is 0 Å². The Balaban J connectivity index is 1.79. The molecule has 0 saturated heterocycles. The van der Waals surface area contributed by atoms with Crippen molar-refractivity contribution in [3.63, 3.8) is 0 Å². The minimum Gasteiger partial charge on any atom is -0.357 e. The van der Waals surface area contributed by atoms with Crippen LogP contribution in [0.5, 0.6) is 0 Å². The van der Waals surface area contributed by atoms with Gasteiger partial charge in [0.25, 0.3) is 11.8 Å². The van der Waals surface area contributed by atoms with E-state index in [2.05, 4.69) is 20.8 Å². The van der Waals surface area contributed by atoms with Gasteiger partial charge in [0.05, 0.1) is 16.8 Å². The number of H-pyrrole nitrogens is 1. The number of aromatic amines is 1. The summed E-state index contributed by atoms with van der Waals surface area (Å²) in [5.74, 6) is -0.817. The Morgan fingerprint density at radius 1 is 1.04 bits per heavy atom. The van der Waals surface area contributed by atoms with E-state index in [0.717, 1.165) is 16.5 Å². The fraction of sp³-hybridized carbons (Fsp3) is 0.118. The number of carbonyl (C=O) groups is 2. The van der Waals surface area contributed by atoms with Gasteiger partial charge in [0, 0.05) is 11.6 Å². The summed E-state index contributed by atoms with van der Waals surface area (Å²) in [6.45, 7) is 3.76. The number of fused-ring (bicyclic) bond motifs is 1. The van der Waals surface area contributed by atoms with Crippen molar-refractivity contribution in [1.82, 2.24) is 20.8 Å². The number of hydrogen-bond donors (Lipinski definition) is 3. The number of hydrogen-bond acceptors (Lipinski definition) is 3. The lowest BCUT2D eigenvalue weighted by Crippen LogP contribution is -2.42. The first-order valence-electron chi connectivity index (χ1n) is 7.16. The minimum atomic E-state index is -0.412. The minimum absolute atomic E-state index is 0.370. The van der Waals surface area contributed by atoms with Crippen molar-refractivity contribution < 1.29 is 9.59 Å². The fourth-order valence-electron chi connectivity index (χ4n) is 2.32. The first kappa shape index (κ1) is 14.8. The molecular formula is C17H16N4O2. The number of aromatic nitrogens is 2. The van der Waals surface area contributed by atoms with E-state index in [0.29, 0.717) is 17.0 Å². The molecule has 0 atom stereocenters. The van der Waals surface area contributed by atoms with Gasteiger partial charge in [-0.15, -0.1) is 0 Å². The van der Waals surface area contributed by atoms with E-state index in [1.165, 1.54) is 0 Å². The van der Waals surface area contributed by atoms with Gasteiger partial charge in [-0.1, -0.05) is 12.1 Å². The maximum Gasteiger partial charge on any atom is 0.286 e. The maximum atomic E-state index is 12.3. The summed E-state index contributed by atoms with van der Waals surface area (Å²) in [6.07, 6.45) is 1.64. The molecule has 0 bridgehead atoms. The Morgan fingerprint density at radius 2 is 1.83 bits per heavy atom. The van der Waals surface area contributed by atoms with Gasteiger partial charge in [-0.2, -0.15) is 0 Å². The fourth-order valence-corrected chi connectivity index (χ4v) is 2.32. The number of rotatable bonds is 2. The van der Waals surface area contributed by atoms with E-state index in [9.17, 15) is 9.59 Å². The zero-order chi connectivity index (χ0) is 16.4. The SMILES string of the molecule is Cc1ccc2cc(C(=O)NNC(=O)c3ccc[nH]3)c(C)nc2c1. The first-order chi connectivity index (χ1) is 11.0. The molecule has 6 nitrogen and oxygen atoms in total. The molecule has 0 aliphatic carbocycles. The molecule has 2 amide bonds. The third-order valence-corrected chi connectivity index (χ3v) is 3.54. The molecular weight excluding hydrogens is 292 g/mol. The molecule has 0 fully saturated rings. The number of nitrogens with one attached hydrogen (secondary N) is 3. The highest BCUT2D eigenvalue weighted by atomic mass is 16.2. The van der Waals surface area contributed by atoms with Gasteiger partial charge in [0.1, 0.15) is 5.69 Å². The van der Waals surface area contributed by atoms with Crippen LogP contribution in [0.1, 0.15) is 32.1 Å². The molecule has 3 aromatic rings. The van der Waals surface area contributed by atoms with E-state index in [4.69, 9.17) is 0 Å². The van der Waals surface area contributed by atoms with Crippen LogP contribution < -0.4 is 10.9 Å². The first-order valence-corrected chi connectivity index (χ1v) is 7.16. The molecule has 116 valence electrons. The highest BCUT2D eigenvalue weighted by molar-refractivity contribution is 6.01. The molecule has 0 radical (unpaired) electrons. The molecule has 0 saturated carbocycles. The summed E-state index contributed by atoms with van der Waals surface area (Å²) in [5.41, 5.74) is 8.13. The number of pyridine rings is 1. The normalized spacial score (nSPS) is 10.5. The number of amides is 2. The van der Waals surface area contributed by atoms with Crippen LogP contribution in [0.2, 0.25) is 0 Å². The quantitative estimate of drug-likeness (QED) is 0.635. The average molecular weight is 308 g/mol. The zero-order valence-corrected chi connectivity index (χ0v) is 12.8. The van der Waals surface area contributed by atoms with Crippen LogP contribution >= 0.6 is 0 Å². The Morgan fingerprint density at radius 3 is 2.57 bits per heavy atom. The van der Waals surface area contributed by atoms with Gasteiger partial charge in [-0.05, 0) is 43.7 Å². The monoisotopic (exact) mass is 308 g/mol. The van der Waals surface area contributed by atoms with Gasteiger partial charge >= 0.3 is 0 Å². The van der Waals surface area contributed by atoms with Crippen molar-refractivity contribution in [2.24, 2.45) is 0 Å². The second kappa shape index (κ2) is 5.92. The summed E-state index contributed by atoms with van der Waals surface area (Å²) in [4.78, 5) is 31.3. The van der Waals surface area contributed by atoms with Crippen LogP contribution in [0.15, 0.2) is 42.6 Å². The van der Waals surface area contributed by atoms with Crippen molar-refractivity contribution in [3.05, 3.63) is 65.1 Å². The molecule has 2 aromatic heterocycles. The van der Waals surface area contributed by atoms with E-state index in [1.807, 2.05) is 25.1 Å². The molecule has 0 spiro atoms. The maximum absolute atomic E-state index is 12.3. The Labute approximate surface area is 132 Å². The van der Waals surface area contributed by atoms with Gasteiger partial charge in [0.15, 0.2) is 0 Å². The van der Waals surface area contributed by atoms with Crippen LogP contribution in [0, 0.1) is 13.8 Å². The molecule has 3 rings (SSSR count). The van der Waals surface area contributed by atoms with Crippen molar-refractivity contribution >= 4 is 22.7 Å². The summed E-state index contributed by atoms with van der Waals surface area (Å²) >= 11 is 0. The smallest absolute Gasteiger partial charge is 0.286 e. The molecule has 23 heavy (non-hydrogen) atoms. The van der Waals surface area contributed by atoms with Crippen LogP contribution in [0.3, 0.4) is 0 Å². The van der Waals surface area contributed by atoms with Crippen molar-refractivity contribution in [2.45, 2.75) is 13.8 Å². The second-order valence-electron chi connectivity index (χ2n) is 5.31. The summed E-state index contributed by atoms with van der Waals surface area (Å²) in [6, 6.07) is 11.0. The number of carbonyl (C=O) groups excluding carboxylic acids is 2. The van der Waals surface area contributed by atoms with Gasteiger partial charge in [-0.3, -0.25) is 25.4 Å². The topological polar surface area (TPSA) is 86.9 Å². The molecule has 0 unspecified atom stereocenters. The van der Waals surface area contributed by atoms with E-state index < -0.39 is 11.8 Å². The Bertz CT molecular complexity index is 885. The van der Waals surface area contributed by atoms with Crippen molar-refractivity contribution in [1.29, 1.82) is 0 Å². The van der Waals surface area contributed by atoms with Gasteiger partial charge in [-0.25, -0.2) is 0 Å². The average Bonchev–Trinajstić information content (AvgIpc) is 3.06. The lowest BCUT2D eigenvalue weighted by atomic mass is 10.1. The molecule has 0 aliphatic heterocycles. The lowest BCUT2D eigenvalue weighted by molar-refractivity contribution is 0.0844. The van der Waals surface area contributed by atoms with E-state index >= 15 is 0 Å². The second-order valence-corrected chi connectivity index (χ2v) is 5.31. The van der Waals surface area contributed by atoms with Crippen LogP contribution in [0.4, 0.5) is 0 Å². The van der Waals surface area contributed by atoms with Gasteiger partial charge < -0.3 is 4.98 Å². The summed E-state index contributed by atoms with van der Waals surface area (Å²) in [5, 5.41) is 0.877. The number of benzene rings is 1. The molecule has 3 N–H and O–H groups in total. The zero-order valence-electron chi connectivity index (χ0n) is 12.8. The largest absolute Gasteiger partial charge is 0.357 e. The van der Waals surface area contributed by atoms with Crippen molar-refractivity contribution in [2.75, 3.05) is 0 Å². The van der Waals surface area contributed by atoms with Crippen molar-refractivity contribution in [3.8, 4) is 0 Å². The van der Waals surface area contributed by atoms with Gasteiger partial charge in [0.2, 0.25) is 0 Å². The molecule has 1 aromatic carbocycles.